The first-order valence-electron chi connectivity index (χ1n) is 5.81. The van der Waals surface area contributed by atoms with E-state index in [2.05, 4.69) is 22.0 Å². The van der Waals surface area contributed by atoms with Crippen LogP contribution in [0.1, 0.15) is 18.4 Å². The average Bonchev–Trinajstić information content (AvgIpc) is 2.61. The Morgan fingerprint density at radius 2 is 2.06 bits per heavy atom. The summed E-state index contributed by atoms with van der Waals surface area (Å²) >= 11 is 3.50. The maximum Gasteiger partial charge on any atom is 0.214 e. The molecule has 0 N–H and O–H groups in total. The molecule has 94 valence electrons. The van der Waals surface area contributed by atoms with Gasteiger partial charge in [0.2, 0.25) is 10.0 Å². The summed E-state index contributed by atoms with van der Waals surface area (Å²) in [6.45, 7) is 1.34. The summed E-state index contributed by atoms with van der Waals surface area (Å²) in [6.07, 6.45) is 2.56. The van der Waals surface area contributed by atoms with Crippen molar-refractivity contribution < 1.29 is 8.42 Å². The SMILES string of the molecule is O=S1(=O)CCCN1CCCc1ccccc1Br. The van der Waals surface area contributed by atoms with E-state index in [0.717, 1.165) is 23.7 Å². The molecule has 0 aromatic heterocycles. The second kappa shape index (κ2) is 5.50. The Bertz CT molecular complexity index is 487. The van der Waals surface area contributed by atoms with Crippen molar-refractivity contribution in [2.45, 2.75) is 19.3 Å². The molecule has 1 heterocycles. The minimum atomic E-state index is -2.93. The Hall–Kier alpha value is -0.390. The molecule has 3 nitrogen and oxygen atoms in total. The highest BCUT2D eigenvalue weighted by atomic mass is 79.9. The molecule has 1 saturated heterocycles. The van der Waals surface area contributed by atoms with Crippen molar-refractivity contribution in [3.63, 3.8) is 0 Å². The number of hydrogen-bond donors (Lipinski definition) is 0. The van der Waals surface area contributed by atoms with Crippen LogP contribution in [0.5, 0.6) is 0 Å². The molecule has 0 amide bonds. The van der Waals surface area contributed by atoms with E-state index in [1.54, 1.807) is 4.31 Å². The summed E-state index contributed by atoms with van der Waals surface area (Å²) in [5.41, 5.74) is 1.24. The summed E-state index contributed by atoms with van der Waals surface area (Å²) in [7, 11) is -2.93. The highest BCUT2D eigenvalue weighted by Gasteiger charge is 2.27. The summed E-state index contributed by atoms with van der Waals surface area (Å²) in [5, 5.41) is 0. The van der Waals surface area contributed by atoms with E-state index in [9.17, 15) is 8.42 Å². The lowest BCUT2D eigenvalue weighted by molar-refractivity contribution is 0.435. The number of sulfonamides is 1. The number of halogens is 1. The van der Waals surface area contributed by atoms with E-state index in [0.29, 0.717) is 18.8 Å². The molecular weight excluding hydrogens is 302 g/mol. The van der Waals surface area contributed by atoms with Crippen LogP contribution in [-0.2, 0) is 16.4 Å². The van der Waals surface area contributed by atoms with Crippen LogP contribution in [0.4, 0.5) is 0 Å². The van der Waals surface area contributed by atoms with Crippen molar-refractivity contribution in [1.29, 1.82) is 0 Å². The van der Waals surface area contributed by atoms with E-state index >= 15 is 0 Å². The quantitative estimate of drug-likeness (QED) is 0.855. The van der Waals surface area contributed by atoms with Crippen LogP contribution >= 0.6 is 15.9 Å². The maximum atomic E-state index is 11.6. The lowest BCUT2D eigenvalue weighted by Crippen LogP contribution is -2.27. The van der Waals surface area contributed by atoms with Crippen LogP contribution in [0.2, 0.25) is 0 Å². The second-order valence-electron chi connectivity index (χ2n) is 4.26. The molecule has 5 heteroatoms. The number of hydrogen-bond acceptors (Lipinski definition) is 2. The van der Waals surface area contributed by atoms with Gasteiger partial charge in [-0.3, -0.25) is 0 Å². The number of rotatable bonds is 4. The molecular formula is C12H16BrNO2S. The lowest BCUT2D eigenvalue weighted by atomic mass is 10.1. The van der Waals surface area contributed by atoms with Gasteiger partial charge in [-0.1, -0.05) is 34.1 Å². The fourth-order valence-corrected chi connectivity index (χ4v) is 4.14. The van der Waals surface area contributed by atoms with Gasteiger partial charge in [0.25, 0.3) is 0 Å². The zero-order valence-corrected chi connectivity index (χ0v) is 12.0. The first-order valence-corrected chi connectivity index (χ1v) is 8.21. The van der Waals surface area contributed by atoms with E-state index in [-0.39, 0.29) is 0 Å². The normalized spacial score (nSPS) is 19.6. The largest absolute Gasteiger partial charge is 0.214 e. The van der Waals surface area contributed by atoms with Crippen LogP contribution in [0.25, 0.3) is 0 Å². The van der Waals surface area contributed by atoms with Gasteiger partial charge in [0, 0.05) is 17.6 Å². The van der Waals surface area contributed by atoms with Gasteiger partial charge in [0.05, 0.1) is 5.75 Å². The van der Waals surface area contributed by atoms with Gasteiger partial charge >= 0.3 is 0 Å². The molecule has 1 aliphatic rings. The Balaban J connectivity index is 1.86. The summed E-state index contributed by atoms with van der Waals surface area (Å²) in [5.74, 6) is 0.321. The molecule has 1 fully saturated rings. The molecule has 1 aromatic carbocycles. The fourth-order valence-electron chi connectivity index (χ4n) is 2.09. The van der Waals surface area contributed by atoms with Crippen molar-refractivity contribution in [3.8, 4) is 0 Å². The maximum absolute atomic E-state index is 11.6. The molecule has 17 heavy (non-hydrogen) atoms. The van der Waals surface area contributed by atoms with Gasteiger partial charge < -0.3 is 0 Å². The highest BCUT2D eigenvalue weighted by Crippen LogP contribution is 2.19. The monoisotopic (exact) mass is 317 g/mol. The van der Waals surface area contributed by atoms with Gasteiger partial charge in [-0.2, -0.15) is 0 Å². The Labute approximate surface area is 111 Å². The number of benzene rings is 1. The number of aryl methyl sites for hydroxylation is 1. The molecule has 0 bridgehead atoms. The van der Waals surface area contributed by atoms with Crippen LogP contribution in [0, 0.1) is 0 Å². The van der Waals surface area contributed by atoms with Crippen LogP contribution in [0.15, 0.2) is 28.7 Å². The molecule has 0 spiro atoms. The minimum absolute atomic E-state index is 0.321. The van der Waals surface area contributed by atoms with E-state index in [1.165, 1.54) is 5.56 Å². The Morgan fingerprint density at radius 1 is 1.29 bits per heavy atom. The van der Waals surface area contributed by atoms with Gasteiger partial charge in [-0.15, -0.1) is 0 Å². The van der Waals surface area contributed by atoms with Crippen LogP contribution in [-0.4, -0.2) is 31.6 Å². The Kier molecular flexibility index (Phi) is 4.22. The highest BCUT2D eigenvalue weighted by molar-refractivity contribution is 9.10. The molecule has 0 unspecified atom stereocenters. The zero-order valence-electron chi connectivity index (χ0n) is 9.60. The zero-order chi connectivity index (χ0) is 12.3. The first kappa shape index (κ1) is 13.1. The third kappa shape index (κ3) is 3.30. The summed E-state index contributed by atoms with van der Waals surface area (Å²) in [6, 6.07) is 8.08. The van der Waals surface area contributed by atoms with E-state index in [1.807, 2.05) is 18.2 Å². The third-order valence-corrected chi connectivity index (χ3v) is 5.74. The average molecular weight is 318 g/mol. The van der Waals surface area contributed by atoms with Gasteiger partial charge in [-0.25, -0.2) is 12.7 Å². The van der Waals surface area contributed by atoms with Crippen LogP contribution in [0.3, 0.4) is 0 Å². The van der Waals surface area contributed by atoms with Gasteiger partial charge in [-0.05, 0) is 30.9 Å². The van der Waals surface area contributed by atoms with Crippen molar-refractivity contribution in [1.82, 2.24) is 4.31 Å². The lowest BCUT2D eigenvalue weighted by Gasteiger charge is -2.14. The molecule has 0 saturated carbocycles. The standard InChI is InChI=1S/C12H16BrNO2S/c13-12-7-2-1-5-11(12)6-3-8-14-9-4-10-17(14,15)16/h1-2,5,7H,3-4,6,8-10H2. The number of nitrogens with zero attached hydrogens (tertiary/aromatic N) is 1. The molecule has 1 aromatic rings. The van der Waals surface area contributed by atoms with E-state index < -0.39 is 10.0 Å². The van der Waals surface area contributed by atoms with Crippen molar-refractivity contribution >= 4 is 26.0 Å². The van der Waals surface area contributed by atoms with Crippen LogP contribution < -0.4 is 0 Å². The predicted molar refractivity (Wildman–Crippen MR) is 72.4 cm³/mol. The molecule has 0 aliphatic carbocycles. The molecule has 1 aliphatic heterocycles. The summed E-state index contributed by atoms with van der Waals surface area (Å²) < 4.78 is 25.9. The smallest absolute Gasteiger partial charge is 0.212 e. The second-order valence-corrected chi connectivity index (χ2v) is 7.21. The van der Waals surface area contributed by atoms with E-state index in [4.69, 9.17) is 0 Å². The van der Waals surface area contributed by atoms with Crippen molar-refractivity contribution in [2.75, 3.05) is 18.8 Å². The minimum Gasteiger partial charge on any atom is -0.212 e. The van der Waals surface area contributed by atoms with Crippen molar-refractivity contribution in [3.05, 3.63) is 34.3 Å². The van der Waals surface area contributed by atoms with Gasteiger partial charge in [0.1, 0.15) is 0 Å². The molecule has 0 atom stereocenters. The first-order chi connectivity index (χ1) is 8.09. The third-order valence-electron chi connectivity index (χ3n) is 3.01. The topological polar surface area (TPSA) is 37.4 Å². The fraction of sp³-hybridized carbons (Fsp3) is 0.500. The Morgan fingerprint density at radius 3 is 2.71 bits per heavy atom. The van der Waals surface area contributed by atoms with Gasteiger partial charge in [0.15, 0.2) is 0 Å². The molecule has 0 radical (unpaired) electrons. The predicted octanol–water partition coefficient (Wildman–Crippen LogP) is 2.42. The van der Waals surface area contributed by atoms with Crippen molar-refractivity contribution in [2.24, 2.45) is 0 Å². The summed E-state index contributed by atoms with van der Waals surface area (Å²) in [4.78, 5) is 0. The molecule has 2 rings (SSSR count).